The zero-order valence-corrected chi connectivity index (χ0v) is 18.2. The second-order valence-corrected chi connectivity index (χ2v) is 8.38. The van der Waals surface area contributed by atoms with Crippen LogP contribution in [0.15, 0.2) is 65.3 Å². The lowest BCUT2D eigenvalue weighted by atomic mass is 10.0. The molecule has 9 heteroatoms. The molecule has 1 aromatic heterocycles. The van der Waals surface area contributed by atoms with Gasteiger partial charge in [0.25, 0.3) is 0 Å². The highest BCUT2D eigenvalue weighted by atomic mass is 32.2. The van der Waals surface area contributed by atoms with Crippen molar-refractivity contribution in [2.45, 2.75) is 32.2 Å². The van der Waals surface area contributed by atoms with E-state index in [0.29, 0.717) is 18.0 Å². The second-order valence-electron chi connectivity index (χ2n) is 6.94. The average Bonchev–Trinajstić information content (AvgIpc) is 3.24. The fourth-order valence-corrected chi connectivity index (χ4v) is 3.51. The normalized spacial score (nSPS) is 12.3. The number of hydrogen-bond acceptors (Lipinski definition) is 6. The van der Waals surface area contributed by atoms with Crippen LogP contribution in [0, 0.1) is 0 Å². The SMILES string of the molecule is CCc1coc(C(Cc2ccc(NS(=O)(=O)OC)cc2)NC(=O)Cc2ccccc2)n1. The monoisotopic (exact) mass is 443 g/mol. The molecule has 1 heterocycles. The summed E-state index contributed by atoms with van der Waals surface area (Å²) in [4.78, 5) is 17.1. The molecule has 1 amide bonds. The zero-order chi connectivity index (χ0) is 22.3. The molecule has 0 fully saturated rings. The third kappa shape index (κ3) is 6.66. The van der Waals surface area contributed by atoms with Crippen LogP contribution in [0.4, 0.5) is 5.69 Å². The first-order valence-electron chi connectivity index (χ1n) is 9.83. The lowest BCUT2D eigenvalue weighted by Gasteiger charge is -2.16. The van der Waals surface area contributed by atoms with E-state index in [0.717, 1.165) is 30.4 Å². The van der Waals surface area contributed by atoms with E-state index in [4.69, 9.17) is 4.42 Å². The minimum atomic E-state index is -3.83. The van der Waals surface area contributed by atoms with E-state index in [-0.39, 0.29) is 12.3 Å². The maximum absolute atomic E-state index is 12.6. The molecule has 0 saturated carbocycles. The Labute approximate surface area is 181 Å². The van der Waals surface area contributed by atoms with Crippen LogP contribution in [-0.4, -0.2) is 26.4 Å². The van der Waals surface area contributed by atoms with E-state index < -0.39 is 16.3 Å². The van der Waals surface area contributed by atoms with Crippen LogP contribution >= 0.6 is 0 Å². The van der Waals surface area contributed by atoms with Crippen LogP contribution in [0.25, 0.3) is 0 Å². The van der Waals surface area contributed by atoms with Gasteiger partial charge in [-0.3, -0.25) is 13.7 Å². The van der Waals surface area contributed by atoms with Crippen molar-refractivity contribution < 1.29 is 21.8 Å². The molecule has 3 aromatic rings. The molecule has 164 valence electrons. The predicted octanol–water partition coefficient (Wildman–Crippen LogP) is 3.18. The molecular formula is C22H25N3O5S. The molecule has 31 heavy (non-hydrogen) atoms. The number of oxazole rings is 1. The van der Waals surface area contributed by atoms with E-state index in [1.165, 1.54) is 0 Å². The summed E-state index contributed by atoms with van der Waals surface area (Å²) in [6.07, 6.45) is 2.99. The van der Waals surface area contributed by atoms with Gasteiger partial charge in [0.1, 0.15) is 12.3 Å². The van der Waals surface area contributed by atoms with Gasteiger partial charge in [0.15, 0.2) is 0 Å². The molecule has 3 rings (SSSR count). The van der Waals surface area contributed by atoms with Gasteiger partial charge < -0.3 is 9.73 Å². The molecule has 2 N–H and O–H groups in total. The van der Waals surface area contributed by atoms with Crippen LogP contribution < -0.4 is 10.0 Å². The van der Waals surface area contributed by atoms with Gasteiger partial charge in [-0.15, -0.1) is 0 Å². The second kappa shape index (κ2) is 10.2. The number of amides is 1. The molecule has 0 saturated heterocycles. The number of nitrogens with one attached hydrogen (secondary N) is 2. The Kier molecular flexibility index (Phi) is 7.43. The molecule has 2 aromatic carbocycles. The van der Waals surface area contributed by atoms with Crippen molar-refractivity contribution in [1.82, 2.24) is 10.3 Å². The van der Waals surface area contributed by atoms with Crippen LogP contribution in [0.2, 0.25) is 0 Å². The summed E-state index contributed by atoms with van der Waals surface area (Å²) in [7, 11) is -2.75. The molecular weight excluding hydrogens is 418 g/mol. The van der Waals surface area contributed by atoms with Gasteiger partial charge in [-0.2, -0.15) is 8.42 Å². The lowest BCUT2D eigenvalue weighted by Crippen LogP contribution is -2.31. The number of carbonyl (C=O) groups excluding carboxylic acids is 1. The van der Waals surface area contributed by atoms with Crippen molar-refractivity contribution in [3.8, 4) is 0 Å². The van der Waals surface area contributed by atoms with Crippen molar-refractivity contribution >= 4 is 21.9 Å². The summed E-state index contributed by atoms with van der Waals surface area (Å²) >= 11 is 0. The number of aromatic nitrogens is 1. The predicted molar refractivity (Wildman–Crippen MR) is 117 cm³/mol. The number of nitrogens with zero attached hydrogens (tertiary/aromatic N) is 1. The molecule has 0 bridgehead atoms. The number of carbonyl (C=O) groups is 1. The van der Waals surface area contributed by atoms with Crippen molar-refractivity contribution in [2.24, 2.45) is 0 Å². The summed E-state index contributed by atoms with van der Waals surface area (Å²) in [5.74, 6) is 0.291. The smallest absolute Gasteiger partial charge is 0.359 e. The average molecular weight is 444 g/mol. The minimum absolute atomic E-state index is 0.142. The van der Waals surface area contributed by atoms with Gasteiger partial charge in [-0.05, 0) is 29.7 Å². The Balaban J connectivity index is 1.74. The highest BCUT2D eigenvalue weighted by Gasteiger charge is 2.21. The highest BCUT2D eigenvalue weighted by Crippen LogP contribution is 2.21. The van der Waals surface area contributed by atoms with Gasteiger partial charge >= 0.3 is 10.3 Å². The van der Waals surface area contributed by atoms with Crippen LogP contribution in [-0.2, 0) is 38.5 Å². The number of aryl methyl sites for hydroxylation is 1. The third-order valence-corrected chi connectivity index (χ3v) is 5.55. The topological polar surface area (TPSA) is 111 Å². The van der Waals surface area contributed by atoms with Crippen molar-refractivity contribution in [1.29, 1.82) is 0 Å². The molecule has 0 spiro atoms. The first kappa shape index (κ1) is 22.5. The lowest BCUT2D eigenvalue weighted by molar-refractivity contribution is -0.121. The summed E-state index contributed by atoms with van der Waals surface area (Å²) in [6.45, 7) is 1.98. The number of rotatable bonds is 10. The standard InChI is InChI=1S/C22H25N3O5S/c1-3-18-15-30-22(23-18)20(24-21(26)14-16-7-5-4-6-8-16)13-17-9-11-19(12-10-17)25-31(27,28)29-2/h4-12,15,20,25H,3,13-14H2,1-2H3,(H,24,26). The Morgan fingerprint density at radius 1 is 1.10 bits per heavy atom. The van der Waals surface area contributed by atoms with Gasteiger partial charge in [0.05, 0.1) is 24.9 Å². The van der Waals surface area contributed by atoms with Crippen molar-refractivity contribution in [3.63, 3.8) is 0 Å². The van der Waals surface area contributed by atoms with Crippen LogP contribution in [0.3, 0.4) is 0 Å². The molecule has 0 aliphatic rings. The van der Waals surface area contributed by atoms with E-state index in [2.05, 4.69) is 19.2 Å². The van der Waals surface area contributed by atoms with E-state index in [1.807, 2.05) is 37.3 Å². The first-order chi connectivity index (χ1) is 14.9. The Morgan fingerprint density at radius 3 is 2.42 bits per heavy atom. The maximum Gasteiger partial charge on any atom is 0.359 e. The van der Waals surface area contributed by atoms with Gasteiger partial charge in [0, 0.05) is 6.42 Å². The zero-order valence-electron chi connectivity index (χ0n) is 17.4. The van der Waals surface area contributed by atoms with Gasteiger partial charge in [0.2, 0.25) is 11.8 Å². The van der Waals surface area contributed by atoms with E-state index in [9.17, 15) is 13.2 Å². The van der Waals surface area contributed by atoms with E-state index >= 15 is 0 Å². The number of anilines is 1. The van der Waals surface area contributed by atoms with Gasteiger partial charge in [-0.25, -0.2) is 4.98 Å². The minimum Gasteiger partial charge on any atom is -0.446 e. The fourth-order valence-electron chi connectivity index (χ4n) is 3.00. The van der Waals surface area contributed by atoms with E-state index in [1.54, 1.807) is 30.5 Å². The summed E-state index contributed by atoms with van der Waals surface area (Å²) in [6, 6.07) is 15.8. The highest BCUT2D eigenvalue weighted by molar-refractivity contribution is 7.88. The van der Waals surface area contributed by atoms with Gasteiger partial charge in [-0.1, -0.05) is 49.4 Å². The molecule has 0 aliphatic carbocycles. The fraction of sp³-hybridized carbons (Fsp3) is 0.273. The van der Waals surface area contributed by atoms with Crippen molar-refractivity contribution in [3.05, 3.63) is 83.6 Å². The van der Waals surface area contributed by atoms with Crippen LogP contribution in [0.1, 0.15) is 35.7 Å². The maximum atomic E-state index is 12.6. The Bertz CT molecular complexity index is 1100. The third-order valence-electron chi connectivity index (χ3n) is 4.63. The molecule has 0 aliphatic heterocycles. The van der Waals surface area contributed by atoms with Crippen LogP contribution in [0.5, 0.6) is 0 Å². The molecule has 8 nitrogen and oxygen atoms in total. The summed E-state index contributed by atoms with van der Waals surface area (Å²) in [5.41, 5.74) is 2.97. The summed E-state index contributed by atoms with van der Waals surface area (Å²) in [5, 5.41) is 3.00. The number of benzene rings is 2. The molecule has 0 radical (unpaired) electrons. The largest absolute Gasteiger partial charge is 0.446 e. The number of hydrogen-bond donors (Lipinski definition) is 2. The Morgan fingerprint density at radius 2 is 1.81 bits per heavy atom. The van der Waals surface area contributed by atoms with Crippen molar-refractivity contribution in [2.75, 3.05) is 11.8 Å². The summed E-state index contributed by atoms with van der Waals surface area (Å²) < 4.78 is 35.3. The molecule has 1 unspecified atom stereocenters. The molecule has 1 atom stereocenters. The first-order valence-corrected chi connectivity index (χ1v) is 11.2. The Hall–Kier alpha value is -3.17. The quantitative estimate of drug-likeness (QED) is 0.498.